The molecule has 124 valence electrons. The summed E-state index contributed by atoms with van der Waals surface area (Å²) in [7, 11) is 0. The zero-order valence-corrected chi connectivity index (χ0v) is 14.0. The Morgan fingerprint density at radius 1 is 1.12 bits per heavy atom. The fourth-order valence-corrected chi connectivity index (χ4v) is 3.22. The number of hydrogen-bond acceptors (Lipinski definition) is 5. The fourth-order valence-electron chi connectivity index (χ4n) is 3.22. The van der Waals surface area contributed by atoms with Crippen molar-refractivity contribution in [2.75, 3.05) is 18.4 Å². The van der Waals surface area contributed by atoms with E-state index in [9.17, 15) is 0 Å². The molecule has 0 amide bonds. The molecule has 0 spiro atoms. The van der Waals surface area contributed by atoms with Crippen LogP contribution in [0.2, 0.25) is 0 Å². The van der Waals surface area contributed by atoms with Crippen molar-refractivity contribution in [1.82, 2.24) is 15.0 Å². The van der Waals surface area contributed by atoms with Crippen molar-refractivity contribution in [3.8, 4) is 0 Å². The Bertz CT molecular complexity index is 819. The van der Waals surface area contributed by atoms with Gasteiger partial charge in [0.2, 0.25) is 0 Å². The van der Waals surface area contributed by atoms with Crippen LogP contribution in [0.3, 0.4) is 0 Å². The van der Waals surface area contributed by atoms with E-state index in [2.05, 4.69) is 50.7 Å². The summed E-state index contributed by atoms with van der Waals surface area (Å²) in [6.07, 6.45) is 4.51. The van der Waals surface area contributed by atoms with Gasteiger partial charge in [0.15, 0.2) is 0 Å². The van der Waals surface area contributed by atoms with E-state index < -0.39 is 0 Å². The van der Waals surface area contributed by atoms with Gasteiger partial charge in [-0.1, -0.05) is 17.3 Å². The highest BCUT2D eigenvalue weighted by molar-refractivity contribution is 5.76. The molecule has 5 nitrogen and oxygen atoms in total. The number of likely N-dealkylation sites (tertiary alicyclic amines) is 1. The van der Waals surface area contributed by atoms with Gasteiger partial charge in [0.25, 0.3) is 5.71 Å². The SMILES string of the molecule is Cc1noc2ncc(CNc3ccc(CN4CCCC4)cc3)cc12. The Labute approximate surface area is 141 Å². The van der Waals surface area contributed by atoms with E-state index in [0.717, 1.165) is 35.4 Å². The first-order chi connectivity index (χ1) is 11.8. The van der Waals surface area contributed by atoms with Gasteiger partial charge in [-0.25, -0.2) is 4.98 Å². The molecule has 1 aliphatic rings. The topological polar surface area (TPSA) is 54.2 Å². The number of benzene rings is 1. The van der Waals surface area contributed by atoms with Crippen LogP contribution in [0, 0.1) is 6.92 Å². The maximum atomic E-state index is 5.15. The zero-order chi connectivity index (χ0) is 16.4. The van der Waals surface area contributed by atoms with E-state index >= 15 is 0 Å². The van der Waals surface area contributed by atoms with Crippen molar-refractivity contribution in [3.05, 3.63) is 53.3 Å². The average Bonchev–Trinajstić information content (AvgIpc) is 3.24. The fraction of sp³-hybridized carbons (Fsp3) is 0.368. The molecule has 0 saturated carbocycles. The third-order valence-electron chi connectivity index (χ3n) is 4.62. The molecule has 1 saturated heterocycles. The van der Waals surface area contributed by atoms with Gasteiger partial charge in [0.05, 0.1) is 11.1 Å². The second-order valence-corrected chi connectivity index (χ2v) is 6.50. The van der Waals surface area contributed by atoms with Gasteiger partial charge in [-0.3, -0.25) is 4.90 Å². The Kier molecular flexibility index (Phi) is 4.17. The number of anilines is 1. The van der Waals surface area contributed by atoms with Gasteiger partial charge in [0, 0.05) is 25.0 Å². The maximum absolute atomic E-state index is 5.15. The third-order valence-corrected chi connectivity index (χ3v) is 4.62. The molecule has 0 bridgehead atoms. The first-order valence-corrected chi connectivity index (χ1v) is 8.54. The van der Waals surface area contributed by atoms with Gasteiger partial charge in [-0.05, 0) is 62.2 Å². The van der Waals surface area contributed by atoms with Crippen LogP contribution in [0.5, 0.6) is 0 Å². The Balaban J connectivity index is 1.38. The number of pyridine rings is 1. The molecule has 1 aliphatic heterocycles. The Morgan fingerprint density at radius 3 is 2.71 bits per heavy atom. The highest BCUT2D eigenvalue weighted by Gasteiger charge is 2.11. The first-order valence-electron chi connectivity index (χ1n) is 8.54. The van der Waals surface area contributed by atoms with Crippen LogP contribution in [-0.4, -0.2) is 28.1 Å². The predicted molar refractivity (Wildman–Crippen MR) is 94.8 cm³/mol. The first kappa shape index (κ1) is 15.1. The lowest BCUT2D eigenvalue weighted by molar-refractivity contribution is 0.331. The van der Waals surface area contributed by atoms with Crippen LogP contribution in [0.1, 0.15) is 29.7 Å². The number of rotatable bonds is 5. The van der Waals surface area contributed by atoms with Gasteiger partial charge in [-0.15, -0.1) is 0 Å². The van der Waals surface area contributed by atoms with Crippen LogP contribution in [0.15, 0.2) is 41.1 Å². The summed E-state index contributed by atoms with van der Waals surface area (Å²) in [5.41, 5.74) is 5.11. The molecule has 0 unspecified atom stereocenters. The summed E-state index contributed by atoms with van der Waals surface area (Å²) in [4.78, 5) is 6.83. The summed E-state index contributed by atoms with van der Waals surface area (Å²) in [5.74, 6) is 0. The minimum Gasteiger partial charge on any atom is -0.381 e. The minimum absolute atomic E-state index is 0.600. The molecular weight excluding hydrogens is 300 g/mol. The largest absolute Gasteiger partial charge is 0.381 e. The van der Waals surface area contributed by atoms with Crippen molar-refractivity contribution in [3.63, 3.8) is 0 Å². The molecule has 3 heterocycles. The molecule has 1 aromatic carbocycles. The molecule has 24 heavy (non-hydrogen) atoms. The van der Waals surface area contributed by atoms with Crippen molar-refractivity contribution in [1.29, 1.82) is 0 Å². The monoisotopic (exact) mass is 322 g/mol. The van der Waals surface area contributed by atoms with Crippen LogP contribution >= 0.6 is 0 Å². The number of nitrogens with one attached hydrogen (secondary N) is 1. The molecule has 0 aliphatic carbocycles. The molecular formula is C19H22N4O. The van der Waals surface area contributed by atoms with Crippen molar-refractivity contribution >= 4 is 16.8 Å². The Hall–Kier alpha value is -2.40. The normalized spacial score (nSPS) is 15.2. The lowest BCUT2D eigenvalue weighted by Crippen LogP contribution is -2.18. The summed E-state index contributed by atoms with van der Waals surface area (Å²) in [5, 5.41) is 8.38. The standard InChI is InChI=1S/C19H22N4O/c1-14-18-10-16(12-21-19(18)24-22-14)11-20-17-6-4-15(5-7-17)13-23-8-2-3-9-23/h4-7,10,12,20H,2-3,8-9,11,13H2,1H3. The van der Waals surface area contributed by atoms with Gasteiger partial charge >= 0.3 is 0 Å². The molecule has 1 fully saturated rings. The Morgan fingerprint density at radius 2 is 1.92 bits per heavy atom. The summed E-state index contributed by atoms with van der Waals surface area (Å²) in [6, 6.07) is 10.8. The number of fused-ring (bicyclic) bond motifs is 1. The number of aromatic nitrogens is 2. The van der Waals surface area contributed by atoms with E-state index in [1.165, 1.54) is 31.5 Å². The second kappa shape index (κ2) is 6.61. The quantitative estimate of drug-likeness (QED) is 0.775. The number of nitrogens with zero attached hydrogens (tertiary/aromatic N) is 3. The number of hydrogen-bond donors (Lipinski definition) is 1. The van der Waals surface area contributed by atoms with Crippen LogP contribution in [0.4, 0.5) is 5.69 Å². The minimum atomic E-state index is 0.600. The van der Waals surface area contributed by atoms with E-state index in [1.54, 1.807) is 0 Å². The van der Waals surface area contributed by atoms with E-state index in [4.69, 9.17) is 4.52 Å². The van der Waals surface area contributed by atoms with Gasteiger partial charge < -0.3 is 9.84 Å². The van der Waals surface area contributed by atoms with Crippen LogP contribution < -0.4 is 5.32 Å². The highest BCUT2D eigenvalue weighted by atomic mass is 16.5. The lowest BCUT2D eigenvalue weighted by atomic mass is 10.2. The van der Waals surface area contributed by atoms with Gasteiger partial charge in [0.1, 0.15) is 0 Å². The lowest BCUT2D eigenvalue weighted by Gasteiger charge is -2.15. The maximum Gasteiger partial charge on any atom is 0.257 e. The van der Waals surface area contributed by atoms with Crippen molar-refractivity contribution < 1.29 is 4.52 Å². The molecule has 0 radical (unpaired) electrons. The summed E-state index contributed by atoms with van der Waals surface area (Å²) >= 11 is 0. The zero-order valence-electron chi connectivity index (χ0n) is 14.0. The summed E-state index contributed by atoms with van der Waals surface area (Å²) < 4.78 is 5.15. The van der Waals surface area contributed by atoms with Gasteiger partial charge in [-0.2, -0.15) is 0 Å². The third kappa shape index (κ3) is 3.26. The molecule has 0 atom stereocenters. The van der Waals surface area contributed by atoms with E-state index in [0.29, 0.717) is 5.71 Å². The van der Waals surface area contributed by atoms with Crippen molar-refractivity contribution in [2.24, 2.45) is 0 Å². The van der Waals surface area contributed by atoms with Crippen LogP contribution in [0.25, 0.3) is 11.1 Å². The molecule has 4 rings (SSSR count). The van der Waals surface area contributed by atoms with Crippen LogP contribution in [-0.2, 0) is 13.1 Å². The molecule has 2 aromatic heterocycles. The molecule has 3 aromatic rings. The smallest absolute Gasteiger partial charge is 0.257 e. The molecule has 1 N–H and O–H groups in total. The van der Waals surface area contributed by atoms with E-state index in [-0.39, 0.29) is 0 Å². The van der Waals surface area contributed by atoms with Crippen molar-refractivity contribution in [2.45, 2.75) is 32.9 Å². The molecule has 5 heteroatoms. The summed E-state index contributed by atoms with van der Waals surface area (Å²) in [6.45, 7) is 6.20. The average molecular weight is 322 g/mol. The van der Waals surface area contributed by atoms with E-state index in [1.807, 2.05) is 13.1 Å². The highest BCUT2D eigenvalue weighted by Crippen LogP contribution is 2.19. The number of aryl methyl sites for hydroxylation is 1. The predicted octanol–water partition coefficient (Wildman–Crippen LogP) is 3.74. The second-order valence-electron chi connectivity index (χ2n) is 6.50.